The van der Waals surface area contributed by atoms with Gasteiger partial charge in [0.15, 0.2) is 23.0 Å². The molecule has 0 aromatic heterocycles. The molecule has 0 fully saturated rings. The predicted octanol–water partition coefficient (Wildman–Crippen LogP) is 6.96. The summed E-state index contributed by atoms with van der Waals surface area (Å²) in [6.07, 6.45) is 2.47. The lowest BCUT2D eigenvalue weighted by Crippen LogP contribution is -2.35. The Balaban J connectivity index is 1.43. The Morgan fingerprint density at radius 2 is 0.902 bits per heavy atom. The minimum atomic E-state index is -0.824. The fourth-order valence-corrected chi connectivity index (χ4v) is 5.00. The number of para-hydroxylation sites is 2. The lowest BCUT2D eigenvalue weighted by Gasteiger charge is -2.34. The summed E-state index contributed by atoms with van der Waals surface area (Å²) in [4.78, 5) is 0. The van der Waals surface area contributed by atoms with Gasteiger partial charge >= 0.3 is 0 Å². The summed E-state index contributed by atoms with van der Waals surface area (Å²) in [7, 11) is 6.53. The quantitative estimate of drug-likeness (QED) is 0.235. The van der Waals surface area contributed by atoms with E-state index in [9.17, 15) is 0 Å². The first-order valence-corrected chi connectivity index (χ1v) is 13.2. The van der Waals surface area contributed by atoms with Crippen LogP contribution in [-0.4, -0.2) is 41.0 Å². The van der Waals surface area contributed by atoms with E-state index < -0.39 is 12.6 Å². The van der Waals surface area contributed by atoms with Crippen LogP contribution in [-0.2, 0) is 4.74 Å². The van der Waals surface area contributed by atoms with Gasteiger partial charge in [-0.15, -0.1) is 0 Å². The zero-order valence-corrected chi connectivity index (χ0v) is 23.3. The van der Waals surface area contributed by atoms with Crippen LogP contribution in [0.3, 0.4) is 0 Å². The second kappa shape index (κ2) is 11.3. The van der Waals surface area contributed by atoms with E-state index in [2.05, 4.69) is 12.2 Å². The van der Waals surface area contributed by atoms with Gasteiger partial charge in [0.1, 0.15) is 11.5 Å². The van der Waals surface area contributed by atoms with E-state index in [0.717, 1.165) is 44.9 Å². The van der Waals surface area contributed by atoms with Gasteiger partial charge in [0.25, 0.3) is 0 Å². The molecule has 4 aromatic rings. The summed E-state index contributed by atoms with van der Waals surface area (Å²) < 4.78 is 41.8. The zero-order valence-electron chi connectivity index (χ0n) is 23.3. The summed E-state index contributed by atoms with van der Waals surface area (Å²) in [5.74, 6) is 3.94. The molecule has 208 valence electrons. The molecule has 4 aromatic carbocycles. The maximum atomic E-state index is 6.74. The molecule has 2 aliphatic heterocycles. The van der Waals surface area contributed by atoms with Crippen LogP contribution < -0.4 is 28.4 Å². The van der Waals surface area contributed by atoms with Crippen molar-refractivity contribution in [2.45, 2.75) is 12.6 Å². The normalized spacial score (nSPS) is 17.1. The predicted molar refractivity (Wildman–Crippen MR) is 158 cm³/mol. The summed E-state index contributed by atoms with van der Waals surface area (Å²) >= 11 is 0. The van der Waals surface area contributed by atoms with Crippen molar-refractivity contribution in [3.05, 3.63) is 107 Å². The second-order valence-corrected chi connectivity index (χ2v) is 9.45. The van der Waals surface area contributed by atoms with E-state index in [4.69, 9.17) is 33.2 Å². The van der Waals surface area contributed by atoms with Crippen LogP contribution in [0.2, 0.25) is 0 Å². The highest BCUT2D eigenvalue weighted by atomic mass is 16.8. The molecule has 2 aliphatic rings. The second-order valence-electron chi connectivity index (χ2n) is 9.45. The van der Waals surface area contributed by atoms with Crippen LogP contribution in [0.5, 0.6) is 34.5 Å². The zero-order chi connectivity index (χ0) is 28.3. The van der Waals surface area contributed by atoms with Gasteiger partial charge in [-0.25, -0.2) is 0 Å². The van der Waals surface area contributed by atoms with Crippen molar-refractivity contribution in [3.63, 3.8) is 0 Å². The third-order valence-corrected chi connectivity index (χ3v) is 7.13. The van der Waals surface area contributed by atoms with E-state index >= 15 is 0 Å². The lowest BCUT2D eigenvalue weighted by atomic mass is 9.97. The van der Waals surface area contributed by atoms with Gasteiger partial charge in [-0.2, -0.15) is 0 Å². The van der Waals surface area contributed by atoms with Crippen molar-refractivity contribution in [1.29, 1.82) is 0 Å². The molecule has 7 nitrogen and oxygen atoms in total. The van der Waals surface area contributed by atoms with E-state index in [1.807, 2.05) is 84.9 Å². The maximum absolute atomic E-state index is 6.74. The van der Waals surface area contributed by atoms with Gasteiger partial charge in [0.2, 0.25) is 12.6 Å². The monoisotopic (exact) mass is 550 g/mol. The van der Waals surface area contributed by atoms with Crippen LogP contribution in [0.1, 0.15) is 22.3 Å². The molecule has 41 heavy (non-hydrogen) atoms. The molecule has 0 spiro atoms. The average Bonchev–Trinajstić information content (AvgIpc) is 3.03. The van der Waals surface area contributed by atoms with Crippen LogP contribution in [0.15, 0.2) is 84.9 Å². The summed E-state index contributed by atoms with van der Waals surface area (Å²) in [6, 6.07) is 27.1. The van der Waals surface area contributed by atoms with Gasteiger partial charge in [-0.1, -0.05) is 48.5 Å². The average molecular weight is 551 g/mol. The Labute approximate surface area is 239 Å². The molecule has 7 heteroatoms. The molecule has 0 radical (unpaired) electrons. The van der Waals surface area contributed by atoms with Gasteiger partial charge in [-0.3, -0.25) is 4.74 Å². The molecular formula is C34H30O7. The number of benzene rings is 4. The molecule has 2 heterocycles. The highest BCUT2D eigenvalue weighted by molar-refractivity contribution is 5.89. The van der Waals surface area contributed by atoms with E-state index in [-0.39, 0.29) is 0 Å². The first-order valence-electron chi connectivity index (χ1n) is 13.2. The maximum Gasteiger partial charge on any atom is 0.231 e. The standard InChI is InChI=1S/C34H30O7/c1-35-25-15-11-21(12-16-25)27-19-23-7-5-9-29(37-3)31(23)39-33(27)41-34-28(22-13-17-26(36-2)18-14-22)20-24-8-6-10-30(38-4)32(24)40-34/h5-20,33-34H,1-4H3. The van der Waals surface area contributed by atoms with E-state index in [1.165, 1.54) is 0 Å². The largest absolute Gasteiger partial charge is 0.497 e. The molecule has 0 saturated carbocycles. The third-order valence-electron chi connectivity index (χ3n) is 7.13. The summed E-state index contributed by atoms with van der Waals surface area (Å²) in [5, 5.41) is 0. The molecule has 2 atom stereocenters. The van der Waals surface area contributed by atoms with E-state index in [0.29, 0.717) is 23.0 Å². The molecule has 2 unspecified atom stereocenters. The Kier molecular flexibility index (Phi) is 7.27. The van der Waals surface area contributed by atoms with Crippen molar-refractivity contribution in [2.24, 2.45) is 0 Å². The summed E-state index contributed by atoms with van der Waals surface area (Å²) in [5.41, 5.74) is 5.28. The minimum absolute atomic E-state index is 0.598. The number of fused-ring (bicyclic) bond motifs is 2. The SMILES string of the molecule is COc1ccc(C2=Cc3cccc(OC)c3OC2OC2Oc3c(cccc3OC)C=C2c2ccc(OC)cc2)cc1. The number of methoxy groups -OCH3 is 4. The number of hydrogen-bond donors (Lipinski definition) is 0. The summed E-state index contributed by atoms with van der Waals surface area (Å²) in [6.45, 7) is 0. The Morgan fingerprint density at radius 3 is 1.27 bits per heavy atom. The number of rotatable bonds is 8. The lowest BCUT2D eigenvalue weighted by molar-refractivity contribution is -0.132. The van der Waals surface area contributed by atoms with Crippen molar-refractivity contribution < 1.29 is 33.2 Å². The van der Waals surface area contributed by atoms with Gasteiger partial charge in [0.05, 0.1) is 28.4 Å². The Hall–Kier alpha value is -4.88. The fraction of sp³-hybridized carbons (Fsp3) is 0.176. The van der Waals surface area contributed by atoms with Crippen LogP contribution in [0.25, 0.3) is 23.3 Å². The van der Waals surface area contributed by atoms with Crippen molar-refractivity contribution in [2.75, 3.05) is 28.4 Å². The van der Waals surface area contributed by atoms with Crippen molar-refractivity contribution >= 4 is 23.3 Å². The van der Waals surface area contributed by atoms with Crippen LogP contribution in [0.4, 0.5) is 0 Å². The topological polar surface area (TPSA) is 64.6 Å². The minimum Gasteiger partial charge on any atom is -0.497 e. The van der Waals surface area contributed by atoms with Crippen molar-refractivity contribution in [3.8, 4) is 34.5 Å². The highest BCUT2D eigenvalue weighted by Crippen LogP contribution is 2.45. The number of hydrogen-bond acceptors (Lipinski definition) is 7. The molecule has 6 rings (SSSR count). The first kappa shape index (κ1) is 26.3. The molecule has 0 N–H and O–H groups in total. The number of ether oxygens (including phenoxy) is 7. The van der Waals surface area contributed by atoms with Crippen LogP contribution in [0, 0.1) is 0 Å². The van der Waals surface area contributed by atoms with Gasteiger partial charge in [-0.05, 0) is 59.7 Å². The molecule has 0 saturated heterocycles. The third kappa shape index (κ3) is 5.08. The van der Waals surface area contributed by atoms with Gasteiger partial charge in [0, 0.05) is 22.3 Å². The fourth-order valence-electron chi connectivity index (χ4n) is 5.00. The van der Waals surface area contributed by atoms with E-state index in [1.54, 1.807) is 28.4 Å². The molecular weight excluding hydrogens is 520 g/mol. The highest BCUT2D eigenvalue weighted by Gasteiger charge is 2.34. The Morgan fingerprint density at radius 1 is 0.488 bits per heavy atom. The smallest absolute Gasteiger partial charge is 0.231 e. The molecule has 0 amide bonds. The first-order chi connectivity index (χ1) is 20.1. The van der Waals surface area contributed by atoms with Crippen LogP contribution >= 0.6 is 0 Å². The van der Waals surface area contributed by atoms with Crippen molar-refractivity contribution in [1.82, 2.24) is 0 Å². The Bertz CT molecular complexity index is 1480. The van der Waals surface area contributed by atoms with Gasteiger partial charge < -0.3 is 28.4 Å². The molecule has 0 aliphatic carbocycles. The molecule has 0 bridgehead atoms.